The van der Waals surface area contributed by atoms with Crippen LogP contribution in [-0.2, 0) is 14.3 Å². The average molecular weight is 341 g/mol. The molecule has 140 valence electrons. The molecule has 24 heavy (non-hydrogen) atoms. The lowest BCUT2D eigenvalue weighted by atomic mass is 10.0. The Bertz CT molecular complexity index is 348. The van der Waals surface area contributed by atoms with Crippen molar-refractivity contribution in [1.29, 1.82) is 0 Å². The van der Waals surface area contributed by atoms with Crippen molar-refractivity contribution in [2.24, 2.45) is 5.92 Å². The standard InChI is InChI=1S/C20H36O4/c1-18(2)14-12-10-8-6-4-3-5-7-9-11-13-17-24-20(23)16-15-19(21)22/h15-16,18H,3-14,17H2,1-2H3,(H,21,22). The Labute approximate surface area is 147 Å². The molecule has 0 saturated heterocycles. The first-order valence-corrected chi connectivity index (χ1v) is 9.60. The van der Waals surface area contributed by atoms with Crippen molar-refractivity contribution < 1.29 is 19.4 Å². The summed E-state index contributed by atoms with van der Waals surface area (Å²) in [4.78, 5) is 21.3. The first-order chi connectivity index (χ1) is 11.5. The van der Waals surface area contributed by atoms with E-state index in [4.69, 9.17) is 9.84 Å². The molecule has 0 heterocycles. The Morgan fingerprint density at radius 3 is 1.71 bits per heavy atom. The van der Waals surface area contributed by atoms with Crippen molar-refractivity contribution in [2.45, 2.75) is 90.9 Å². The molecule has 0 amide bonds. The molecule has 0 bridgehead atoms. The summed E-state index contributed by atoms with van der Waals surface area (Å²) >= 11 is 0. The summed E-state index contributed by atoms with van der Waals surface area (Å²) in [6.45, 7) is 4.96. The molecule has 0 unspecified atom stereocenters. The third-order valence-corrected chi connectivity index (χ3v) is 4.03. The molecule has 0 saturated carbocycles. The van der Waals surface area contributed by atoms with Gasteiger partial charge in [-0.3, -0.25) is 0 Å². The first kappa shape index (κ1) is 22.7. The maximum atomic E-state index is 11.1. The van der Waals surface area contributed by atoms with Crippen LogP contribution in [0.4, 0.5) is 0 Å². The molecule has 0 aliphatic carbocycles. The fourth-order valence-electron chi connectivity index (χ4n) is 2.61. The molecule has 0 atom stereocenters. The fourth-order valence-corrected chi connectivity index (χ4v) is 2.61. The number of esters is 1. The quantitative estimate of drug-likeness (QED) is 0.229. The lowest BCUT2D eigenvalue weighted by Crippen LogP contribution is -2.03. The minimum atomic E-state index is -1.14. The van der Waals surface area contributed by atoms with E-state index in [9.17, 15) is 9.59 Å². The van der Waals surface area contributed by atoms with Crippen molar-refractivity contribution >= 4 is 11.9 Å². The van der Waals surface area contributed by atoms with E-state index in [1.807, 2.05) is 0 Å². The number of hydrogen-bond donors (Lipinski definition) is 1. The lowest BCUT2D eigenvalue weighted by Gasteiger charge is -2.05. The van der Waals surface area contributed by atoms with Gasteiger partial charge in [0.05, 0.1) is 6.61 Å². The van der Waals surface area contributed by atoms with Gasteiger partial charge in [-0.1, -0.05) is 84.5 Å². The summed E-state index contributed by atoms with van der Waals surface area (Å²) in [5.74, 6) is -0.872. The predicted octanol–water partition coefficient (Wildman–Crippen LogP) is 5.51. The molecular weight excluding hydrogens is 304 g/mol. The highest BCUT2D eigenvalue weighted by Gasteiger charge is 1.99. The molecule has 0 radical (unpaired) electrons. The molecule has 0 aromatic carbocycles. The second-order valence-electron chi connectivity index (χ2n) is 6.91. The fraction of sp³-hybridized carbons (Fsp3) is 0.800. The van der Waals surface area contributed by atoms with Gasteiger partial charge in [-0.2, -0.15) is 0 Å². The molecule has 0 aliphatic rings. The summed E-state index contributed by atoms with van der Waals surface area (Å²) in [5, 5.41) is 8.37. The van der Waals surface area contributed by atoms with Gasteiger partial charge in [0.1, 0.15) is 0 Å². The van der Waals surface area contributed by atoms with Crippen molar-refractivity contribution in [2.75, 3.05) is 6.61 Å². The van der Waals surface area contributed by atoms with Crippen LogP contribution < -0.4 is 0 Å². The zero-order chi connectivity index (χ0) is 18.0. The van der Waals surface area contributed by atoms with Crippen LogP contribution in [0.5, 0.6) is 0 Å². The number of carboxylic acids is 1. The van der Waals surface area contributed by atoms with Gasteiger partial charge in [0, 0.05) is 12.2 Å². The Kier molecular flexibility index (Phi) is 15.6. The molecular formula is C20H36O4. The highest BCUT2D eigenvalue weighted by molar-refractivity contribution is 5.90. The number of rotatable bonds is 16. The third kappa shape index (κ3) is 18.7. The SMILES string of the molecule is CC(C)CCCCCCCCCCCCCOC(=O)C=CC(=O)O. The van der Waals surface area contributed by atoms with Gasteiger partial charge < -0.3 is 9.84 Å². The van der Waals surface area contributed by atoms with Crippen LogP contribution in [0, 0.1) is 5.92 Å². The molecule has 0 rings (SSSR count). The van der Waals surface area contributed by atoms with E-state index in [0.29, 0.717) is 6.61 Å². The van der Waals surface area contributed by atoms with E-state index in [1.54, 1.807) is 0 Å². The third-order valence-electron chi connectivity index (χ3n) is 4.03. The average Bonchev–Trinajstić information content (AvgIpc) is 2.52. The minimum Gasteiger partial charge on any atom is -0.478 e. The molecule has 4 heteroatoms. The Morgan fingerprint density at radius 2 is 1.25 bits per heavy atom. The van der Waals surface area contributed by atoms with Crippen LogP contribution in [-0.4, -0.2) is 23.7 Å². The number of hydrogen-bond acceptors (Lipinski definition) is 3. The topological polar surface area (TPSA) is 63.6 Å². The Balaban J connectivity index is 3.18. The highest BCUT2D eigenvalue weighted by atomic mass is 16.5. The smallest absolute Gasteiger partial charge is 0.331 e. The van der Waals surface area contributed by atoms with Crippen LogP contribution in [0.25, 0.3) is 0 Å². The molecule has 0 aromatic heterocycles. The zero-order valence-electron chi connectivity index (χ0n) is 15.6. The monoisotopic (exact) mass is 340 g/mol. The molecule has 4 nitrogen and oxygen atoms in total. The zero-order valence-corrected chi connectivity index (χ0v) is 15.6. The molecule has 0 aromatic rings. The van der Waals surface area contributed by atoms with E-state index >= 15 is 0 Å². The van der Waals surface area contributed by atoms with E-state index < -0.39 is 11.9 Å². The number of aliphatic carboxylic acids is 1. The molecule has 0 aliphatic heterocycles. The van der Waals surface area contributed by atoms with Gasteiger partial charge in [-0.15, -0.1) is 0 Å². The molecule has 0 spiro atoms. The summed E-state index contributed by atoms with van der Waals surface area (Å²) in [7, 11) is 0. The van der Waals surface area contributed by atoms with Crippen LogP contribution in [0.3, 0.4) is 0 Å². The van der Waals surface area contributed by atoms with Crippen molar-refractivity contribution in [1.82, 2.24) is 0 Å². The van der Waals surface area contributed by atoms with Crippen LogP contribution in [0.15, 0.2) is 12.2 Å². The van der Waals surface area contributed by atoms with Gasteiger partial charge in [0.15, 0.2) is 0 Å². The summed E-state index contributed by atoms with van der Waals surface area (Å²) in [6.07, 6.45) is 17.0. The number of carbonyl (C=O) groups excluding carboxylic acids is 1. The second kappa shape index (κ2) is 16.5. The number of carboxylic acid groups (broad SMARTS) is 1. The summed E-state index contributed by atoms with van der Waals surface area (Å²) < 4.78 is 4.91. The maximum Gasteiger partial charge on any atom is 0.331 e. The van der Waals surface area contributed by atoms with Gasteiger partial charge >= 0.3 is 11.9 Å². The normalized spacial score (nSPS) is 11.3. The lowest BCUT2D eigenvalue weighted by molar-refractivity contribution is -0.138. The van der Waals surface area contributed by atoms with Crippen molar-refractivity contribution in [3.63, 3.8) is 0 Å². The maximum absolute atomic E-state index is 11.1. The van der Waals surface area contributed by atoms with E-state index in [-0.39, 0.29) is 0 Å². The minimum absolute atomic E-state index is 0.374. The summed E-state index contributed by atoms with van der Waals surface area (Å²) in [5.41, 5.74) is 0. The van der Waals surface area contributed by atoms with Gasteiger partial charge in [0.25, 0.3) is 0 Å². The van der Waals surface area contributed by atoms with E-state index in [0.717, 1.165) is 30.9 Å². The van der Waals surface area contributed by atoms with E-state index in [1.165, 1.54) is 64.2 Å². The van der Waals surface area contributed by atoms with Crippen LogP contribution in [0.2, 0.25) is 0 Å². The second-order valence-corrected chi connectivity index (χ2v) is 6.91. The first-order valence-electron chi connectivity index (χ1n) is 9.60. The van der Waals surface area contributed by atoms with Crippen molar-refractivity contribution in [3.8, 4) is 0 Å². The van der Waals surface area contributed by atoms with Crippen LogP contribution in [0.1, 0.15) is 90.9 Å². The molecule has 0 fully saturated rings. The van der Waals surface area contributed by atoms with E-state index in [2.05, 4.69) is 13.8 Å². The number of ether oxygens (including phenoxy) is 1. The van der Waals surface area contributed by atoms with Crippen molar-refractivity contribution in [3.05, 3.63) is 12.2 Å². The largest absolute Gasteiger partial charge is 0.478 e. The van der Waals surface area contributed by atoms with Gasteiger partial charge in [-0.25, -0.2) is 9.59 Å². The number of carbonyl (C=O) groups is 2. The number of unbranched alkanes of at least 4 members (excludes halogenated alkanes) is 10. The highest BCUT2D eigenvalue weighted by Crippen LogP contribution is 2.13. The predicted molar refractivity (Wildman–Crippen MR) is 98.0 cm³/mol. The van der Waals surface area contributed by atoms with Gasteiger partial charge in [-0.05, 0) is 12.3 Å². The van der Waals surface area contributed by atoms with Gasteiger partial charge in [0.2, 0.25) is 0 Å². The molecule has 1 N–H and O–H groups in total. The summed E-state index contributed by atoms with van der Waals surface area (Å²) in [6, 6.07) is 0. The Morgan fingerprint density at radius 1 is 0.792 bits per heavy atom. The van der Waals surface area contributed by atoms with Crippen LogP contribution >= 0.6 is 0 Å². The Hall–Kier alpha value is -1.32.